The summed E-state index contributed by atoms with van der Waals surface area (Å²) in [6.07, 6.45) is 0. The highest BCUT2D eigenvalue weighted by Crippen LogP contribution is 2.21. The van der Waals surface area contributed by atoms with Gasteiger partial charge in [0, 0.05) is 37.9 Å². The first-order chi connectivity index (χ1) is 14.1. The van der Waals surface area contributed by atoms with Crippen molar-refractivity contribution in [1.82, 2.24) is 14.7 Å². The molecule has 0 spiro atoms. The van der Waals surface area contributed by atoms with Crippen molar-refractivity contribution in [2.24, 2.45) is 0 Å². The second-order valence-electron chi connectivity index (χ2n) is 7.27. The second kappa shape index (κ2) is 8.31. The predicted octanol–water partition coefficient (Wildman–Crippen LogP) is 2.56. The molecule has 6 nitrogen and oxygen atoms in total. The van der Waals surface area contributed by atoms with Crippen LogP contribution in [-0.4, -0.2) is 46.8 Å². The maximum atomic E-state index is 13.0. The molecule has 3 aromatic rings. The first-order valence-corrected chi connectivity index (χ1v) is 9.84. The van der Waals surface area contributed by atoms with E-state index in [1.165, 1.54) is 28.1 Å². The van der Waals surface area contributed by atoms with Crippen LogP contribution in [0.25, 0.3) is 0 Å². The zero-order chi connectivity index (χ0) is 20.2. The minimum Gasteiger partial charge on any atom is -0.368 e. The third-order valence-corrected chi connectivity index (χ3v) is 5.28. The first-order valence-electron chi connectivity index (χ1n) is 9.84. The molecule has 1 saturated heterocycles. The van der Waals surface area contributed by atoms with Crippen LogP contribution in [-0.2, 0) is 6.54 Å². The van der Waals surface area contributed by atoms with Gasteiger partial charge in [-0.05, 0) is 30.2 Å². The predicted molar refractivity (Wildman–Crippen MR) is 113 cm³/mol. The number of hydrogen-bond donors (Lipinski definition) is 0. The van der Waals surface area contributed by atoms with E-state index in [9.17, 15) is 9.59 Å². The lowest BCUT2D eigenvalue weighted by atomic mass is 10.1. The monoisotopic (exact) mass is 388 g/mol. The summed E-state index contributed by atoms with van der Waals surface area (Å²) in [6, 6.07) is 20.9. The highest BCUT2D eigenvalue weighted by Gasteiger charge is 2.24. The van der Waals surface area contributed by atoms with Gasteiger partial charge in [0.25, 0.3) is 11.5 Å². The van der Waals surface area contributed by atoms with Crippen molar-refractivity contribution < 1.29 is 4.79 Å². The largest absolute Gasteiger partial charge is 0.368 e. The van der Waals surface area contributed by atoms with Crippen LogP contribution in [0, 0.1) is 6.92 Å². The average molecular weight is 388 g/mol. The molecular formula is C23H24N4O2. The molecule has 1 aromatic heterocycles. The lowest BCUT2D eigenvalue weighted by molar-refractivity contribution is 0.0738. The van der Waals surface area contributed by atoms with Crippen molar-refractivity contribution in [3.8, 4) is 0 Å². The molecule has 0 atom stereocenters. The zero-order valence-corrected chi connectivity index (χ0v) is 16.5. The number of amides is 1. The van der Waals surface area contributed by atoms with E-state index < -0.39 is 0 Å². The Balaban J connectivity index is 1.46. The van der Waals surface area contributed by atoms with E-state index in [2.05, 4.69) is 29.1 Å². The van der Waals surface area contributed by atoms with E-state index in [1.54, 1.807) is 0 Å². The molecule has 2 heterocycles. The molecular weight excluding hydrogens is 364 g/mol. The standard InChI is InChI=1S/C23H24N4O2/c1-18-7-5-6-10-21(18)25-13-15-26(16-14-25)23(29)20-11-12-22(28)27(24-20)17-19-8-3-2-4-9-19/h2-12H,13-17H2,1H3. The number of para-hydroxylation sites is 1. The van der Waals surface area contributed by atoms with Crippen LogP contribution < -0.4 is 10.5 Å². The molecule has 6 heteroatoms. The van der Waals surface area contributed by atoms with Crippen molar-refractivity contribution >= 4 is 11.6 Å². The highest BCUT2D eigenvalue weighted by atomic mass is 16.2. The number of benzene rings is 2. The van der Waals surface area contributed by atoms with Gasteiger partial charge in [0.15, 0.2) is 0 Å². The lowest BCUT2D eigenvalue weighted by Crippen LogP contribution is -2.49. The van der Waals surface area contributed by atoms with Crippen LogP contribution in [0.15, 0.2) is 71.5 Å². The number of hydrogen-bond acceptors (Lipinski definition) is 4. The van der Waals surface area contributed by atoms with E-state index in [1.807, 2.05) is 47.4 Å². The summed E-state index contributed by atoms with van der Waals surface area (Å²) < 4.78 is 1.35. The minimum atomic E-state index is -0.213. The molecule has 29 heavy (non-hydrogen) atoms. The summed E-state index contributed by atoms with van der Waals surface area (Å²) in [5.41, 5.74) is 3.52. The number of carbonyl (C=O) groups excluding carboxylic acids is 1. The van der Waals surface area contributed by atoms with Crippen molar-refractivity contribution in [3.05, 3.63) is 93.9 Å². The summed E-state index contributed by atoms with van der Waals surface area (Å²) in [4.78, 5) is 29.3. The van der Waals surface area contributed by atoms with Gasteiger partial charge in [-0.1, -0.05) is 48.5 Å². The molecule has 0 bridgehead atoms. The number of anilines is 1. The van der Waals surface area contributed by atoms with Crippen LogP contribution in [0.1, 0.15) is 21.6 Å². The Kier molecular flexibility index (Phi) is 5.42. The van der Waals surface area contributed by atoms with E-state index in [0.717, 1.165) is 18.7 Å². The highest BCUT2D eigenvalue weighted by molar-refractivity contribution is 5.92. The van der Waals surface area contributed by atoms with E-state index >= 15 is 0 Å². The molecule has 4 rings (SSSR count). The number of carbonyl (C=O) groups is 1. The number of rotatable bonds is 4. The van der Waals surface area contributed by atoms with Crippen LogP contribution in [0.2, 0.25) is 0 Å². The van der Waals surface area contributed by atoms with Gasteiger partial charge in [-0.25, -0.2) is 4.68 Å². The van der Waals surface area contributed by atoms with Crippen molar-refractivity contribution in [3.63, 3.8) is 0 Å². The van der Waals surface area contributed by atoms with E-state index in [0.29, 0.717) is 25.3 Å². The maximum absolute atomic E-state index is 13.0. The third kappa shape index (κ3) is 4.21. The molecule has 0 unspecified atom stereocenters. The van der Waals surface area contributed by atoms with Gasteiger partial charge in [-0.2, -0.15) is 5.10 Å². The summed E-state index contributed by atoms with van der Waals surface area (Å²) in [5.74, 6) is -0.128. The van der Waals surface area contributed by atoms with Gasteiger partial charge in [0.1, 0.15) is 5.69 Å². The van der Waals surface area contributed by atoms with E-state index in [-0.39, 0.29) is 11.5 Å². The SMILES string of the molecule is Cc1ccccc1N1CCN(C(=O)c2ccc(=O)n(Cc3ccccc3)n2)CC1. The quantitative estimate of drug-likeness (QED) is 0.689. The van der Waals surface area contributed by atoms with Gasteiger partial charge in [-0.15, -0.1) is 0 Å². The molecule has 1 fully saturated rings. The Hall–Kier alpha value is -3.41. The first kappa shape index (κ1) is 18.9. The smallest absolute Gasteiger partial charge is 0.274 e. The van der Waals surface area contributed by atoms with Crippen LogP contribution in [0.5, 0.6) is 0 Å². The molecule has 1 aliphatic rings. The fourth-order valence-corrected chi connectivity index (χ4v) is 3.66. The Labute approximate surface area is 170 Å². The molecule has 0 aliphatic carbocycles. The Morgan fingerprint density at radius 1 is 0.897 bits per heavy atom. The Morgan fingerprint density at radius 3 is 2.31 bits per heavy atom. The summed E-state index contributed by atoms with van der Waals surface area (Å²) >= 11 is 0. The second-order valence-corrected chi connectivity index (χ2v) is 7.27. The fraction of sp³-hybridized carbons (Fsp3) is 0.261. The summed E-state index contributed by atoms with van der Waals surface area (Å²) in [6.45, 7) is 5.27. The minimum absolute atomic E-state index is 0.128. The Bertz CT molecular complexity index is 1050. The molecule has 1 aliphatic heterocycles. The fourth-order valence-electron chi connectivity index (χ4n) is 3.66. The average Bonchev–Trinajstić information content (AvgIpc) is 2.76. The number of nitrogens with zero attached hydrogens (tertiary/aromatic N) is 4. The number of aromatic nitrogens is 2. The lowest BCUT2D eigenvalue weighted by Gasteiger charge is -2.36. The van der Waals surface area contributed by atoms with Gasteiger partial charge in [0.05, 0.1) is 6.54 Å². The van der Waals surface area contributed by atoms with E-state index in [4.69, 9.17) is 0 Å². The molecule has 0 radical (unpaired) electrons. The number of piperazine rings is 1. The van der Waals surface area contributed by atoms with Gasteiger partial charge >= 0.3 is 0 Å². The van der Waals surface area contributed by atoms with Crippen LogP contribution in [0.3, 0.4) is 0 Å². The zero-order valence-electron chi connectivity index (χ0n) is 16.5. The van der Waals surface area contributed by atoms with Crippen molar-refractivity contribution in [2.45, 2.75) is 13.5 Å². The van der Waals surface area contributed by atoms with Gasteiger partial charge in [-0.3, -0.25) is 9.59 Å². The van der Waals surface area contributed by atoms with Gasteiger partial charge in [0.2, 0.25) is 0 Å². The third-order valence-electron chi connectivity index (χ3n) is 5.28. The molecule has 2 aromatic carbocycles. The van der Waals surface area contributed by atoms with Crippen LogP contribution in [0.4, 0.5) is 5.69 Å². The maximum Gasteiger partial charge on any atom is 0.274 e. The Morgan fingerprint density at radius 2 is 1.59 bits per heavy atom. The van der Waals surface area contributed by atoms with Crippen molar-refractivity contribution in [1.29, 1.82) is 0 Å². The normalized spacial score (nSPS) is 14.1. The molecule has 0 saturated carbocycles. The topological polar surface area (TPSA) is 58.4 Å². The summed E-state index contributed by atoms with van der Waals surface area (Å²) in [7, 11) is 0. The number of aryl methyl sites for hydroxylation is 1. The summed E-state index contributed by atoms with van der Waals surface area (Å²) in [5, 5.41) is 4.33. The van der Waals surface area contributed by atoms with Crippen LogP contribution >= 0.6 is 0 Å². The molecule has 0 N–H and O–H groups in total. The van der Waals surface area contributed by atoms with Gasteiger partial charge < -0.3 is 9.80 Å². The molecule has 1 amide bonds. The van der Waals surface area contributed by atoms with Crippen molar-refractivity contribution in [2.75, 3.05) is 31.1 Å². The molecule has 148 valence electrons.